The predicted octanol–water partition coefficient (Wildman–Crippen LogP) is 4.35. The van der Waals surface area contributed by atoms with Crippen LogP contribution in [0.1, 0.15) is 64.2 Å². The molecule has 1 aliphatic carbocycles. The Hall–Kier alpha value is -1.46. The van der Waals surface area contributed by atoms with Gasteiger partial charge in [0, 0.05) is 0 Å². The SMILES string of the molecule is C1CCCCCCCCC1.O=C(O)O.O=C(O)O. The summed E-state index contributed by atoms with van der Waals surface area (Å²) in [6.07, 6.45) is 11.3. The Balaban J connectivity index is 0. The third-order valence-corrected chi connectivity index (χ3v) is 2.50. The lowest BCUT2D eigenvalue weighted by atomic mass is 10.0. The fourth-order valence-electron chi connectivity index (χ4n) is 1.77. The Morgan fingerprint density at radius 2 is 0.500 bits per heavy atom. The van der Waals surface area contributed by atoms with Gasteiger partial charge in [0.15, 0.2) is 0 Å². The standard InChI is InChI=1S/C10H20.2CH2O3/c1-2-4-6-8-10-9-7-5-3-1;2*2-1(3)4/h1-10H2;2*(H2,2,3,4). The molecule has 6 heteroatoms. The second kappa shape index (κ2) is 15.5. The van der Waals surface area contributed by atoms with E-state index in [1.165, 1.54) is 64.2 Å². The maximum absolute atomic E-state index is 8.56. The van der Waals surface area contributed by atoms with Crippen molar-refractivity contribution in [2.45, 2.75) is 64.2 Å². The minimum Gasteiger partial charge on any atom is -0.450 e. The Bertz CT molecular complexity index is 152. The Morgan fingerprint density at radius 1 is 0.444 bits per heavy atom. The number of hydrogen-bond donors (Lipinski definition) is 4. The van der Waals surface area contributed by atoms with Gasteiger partial charge in [-0.25, -0.2) is 9.59 Å². The molecule has 0 amide bonds. The highest BCUT2D eigenvalue weighted by Crippen LogP contribution is 2.15. The molecule has 0 aromatic heterocycles. The molecule has 0 aromatic carbocycles. The first-order valence-corrected chi connectivity index (χ1v) is 6.30. The fraction of sp³-hybridized carbons (Fsp3) is 0.833. The summed E-state index contributed by atoms with van der Waals surface area (Å²) in [6.45, 7) is 0. The monoisotopic (exact) mass is 264 g/mol. The molecule has 0 aliphatic heterocycles. The third-order valence-electron chi connectivity index (χ3n) is 2.50. The van der Waals surface area contributed by atoms with Crippen LogP contribution in [0.4, 0.5) is 9.59 Å². The second-order valence-electron chi connectivity index (χ2n) is 4.10. The smallest absolute Gasteiger partial charge is 0.450 e. The first-order valence-electron chi connectivity index (χ1n) is 6.30. The van der Waals surface area contributed by atoms with Crippen molar-refractivity contribution in [2.24, 2.45) is 0 Å². The van der Waals surface area contributed by atoms with Gasteiger partial charge in [-0.1, -0.05) is 64.2 Å². The van der Waals surface area contributed by atoms with Gasteiger partial charge in [0.25, 0.3) is 0 Å². The van der Waals surface area contributed by atoms with E-state index in [1.54, 1.807) is 0 Å². The van der Waals surface area contributed by atoms with Gasteiger partial charge in [0.2, 0.25) is 0 Å². The Kier molecular flexibility index (Phi) is 16.3. The van der Waals surface area contributed by atoms with Crippen LogP contribution in [0.15, 0.2) is 0 Å². The van der Waals surface area contributed by atoms with E-state index >= 15 is 0 Å². The van der Waals surface area contributed by atoms with E-state index in [0.717, 1.165) is 0 Å². The summed E-state index contributed by atoms with van der Waals surface area (Å²) in [7, 11) is 0. The van der Waals surface area contributed by atoms with Gasteiger partial charge in [-0.15, -0.1) is 0 Å². The molecule has 0 unspecified atom stereocenters. The van der Waals surface area contributed by atoms with Crippen LogP contribution in [0.5, 0.6) is 0 Å². The highest BCUT2D eigenvalue weighted by molar-refractivity contribution is 5.53. The van der Waals surface area contributed by atoms with Gasteiger partial charge >= 0.3 is 12.3 Å². The quantitative estimate of drug-likeness (QED) is 0.517. The highest BCUT2D eigenvalue weighted by atomic mass is 16.6. The van der Waals surface area contributed by atoms with E-state index < -0.39 is 12.3 Å². The van der Waals surface area contributed by atoms with Gasteiger partial charge in [-0.3, -0.25) is 0 Å². The van der Waals surface area contributed by atoms with Crippen LogP contribution >= 0.6 is 0 Å². The molecule has 0 atom stereocenters. The second-order valence-corrected chi connectivity index (χ2v) is 4.10. The highest BCUT2D eigenvalue weighted by Gasteiger charge is 1.95. The van der Waals surface area contributed by atoms with E-state index in [4.69, 9.17) is 30.0 Å². The van der Waals surface area contributed by atoms with Crippen molar-refractivity contribution in [2.75, 3.05) is 0 Å². The van der Waals surface area contributed by atoms with Crippen molar-refractivity contribution in [3.8, 4) is 0 Å². The zero-order chi connectivity index (χ0) is 14.2. The number of rotatable bonds is 0. The third kappa shape index (κ3) is 36.5. The first-order chi connectivity index (χ1) is 8.46. The van der Waals surface area contributed by atoms with Crippen LogP contribution < -0.4 is 0 Å². The summed E-state index contributed by atoms with van der Waals surface area (Å²) in [5, 5.41) is 27.9. The molecular weight excluding hydrogens is 240 g/mol. The van der Waals surface area contributed by atoms with Gasteiger partial charge in [-0.2, -0.15) is 0 Å². The molecule has 18 heavy (non-hydrogen) atoms. The van der Waals surface area contributed by atoms with Gasteiger partial charge in [0.05, 0.1) is 0 Å². The van der Waals surface area contributed by atoms with Crippen molar-refractivity contribution in [3.05, 3.63) is 0 Å². The molecule has 1 saturated carbocycles. The molecular formula is C12H24O6. The Labute approximate surface area is 107 Å². The van der Waals surface area contributed by atoms with Crippen molar-refractivity contribution in [1.29, 1.82) is 0 Å². The largest absolute Gasteiger partial charge is 0.503 e. The number of hydrogen-bond acceptors (Lipinski definition) is 2. The average Bonchev–Trinajstić information content (AvgIpc) is 2.25. The van der Waals surface area contributed by atoms with Gasteiger partial charge in [0.1, 0.15) is 0 Å². The topological polar surface area (TPSA) is 115 Å². The molecule has 0 radical (unpaired) electrons. The average molecular weight is 264 g/mol. The molecule has 6 nitrogen and oxygen atoms in total. The van der Waals surface area contributed by atoms with Crippen molar-refractivity contribution >= 4 is 12.3 Å². The fourth-order valence-corrected chi connectivity index (χ4v) is 1.77. The van der Waals surface area contributed by atoms with Crippen LogP contribution in [-0.2, 0) is 0 Å². The number of carbonyl (C=O) groups is 2. The van der Waals surface area contributed by atoms with Crippen LogP contribution in [0, 0.1) is 0 Å². The summed E-state index contributed by atoms with van der Waals surface area (Å²) < 4.78 is 0. The van der Waals surface area contributed by atoms with Crippen LogP contribution in [0.25, 0.3) is 0 Å². The van der Waals surface area contributed by atoms with E-state index in [2.05, 4.69) is 0 Å². The maximum atomic E-state index is 8.56. The van der Waals surface area contributed by atoms with Crippen molar-refractivity contribution < 1.29 is 30.0 Å². The van der Waals surface area contributed by atoms with Crippen molar-refractivity contribution in [3.63, 3.8) is 0 Å². The van der Waals surface area contributed by atoms with E-state index in [0.29, 0.717) is 0 Å². The normalized spacial score (nSPS) is 16.0. The predicted molar refractivity (Wildman–Crippen MR) is 67.5 cm³/mol. The summed E-state index contributed by atoms with van der Waals surface area (Å²) in [5.41, 5.74) is 0. The number of carboxylic acid groups (broad SMARTS) is 4. The minimum atomic E-state index is -1.83. The molecule has 0 bridgehead atoms. The Morgan fingerprint density at radius 3 is 0.556 bits per heavy atom. The van der Waals surface area contributed by atoms with E-state index in [-0.39, 0.29) is 0 Å². The summed E-state index contributed by atoms with van der Waals surface area (Å²) >= 11 is 0. The zero-order valence-electron chi connectivity index (χ0n) is 10.7. The molecule has 1 aliphatic rings. The molecule has 108 valence electrons. The van der Waals surface area contributed by atoms with E-state index in [1.807, 2.05) is 0 Å². The lowest BCUT2D eigenvalue weighted by Gasteiger charge is -2.05. The molecule has 1 rings (SSSR count). The maximum Gasteiger partial charge on any atom is 0.503 e. The summed E-state index contributed by atoms with van der Waals surface area (Å²) in [6, 6.07) is 0. The van der Waals surface area contributed by atoms with Crippen LogP contribution in [0.3, 0.4) is 0 Å². The zero-order valence-corrected chi connectivity index (χ0v) is 10.7. The van der Waals surface area contributed by atoms with E-state index in [9.17, 15) is 0 Å². The first kappa shape index (κ1) is 18.9. The van der Waals surface area contributed by atoms with Crippen molar-refractivity contribution in [1.82, 2.24) is 0 Å². The lowest BCUT2D eigenvalue weighted by Crippen LogP contribution is -1.85. The van der Waals surface area contributed by atoms with Crippen LogP contribution in [-0.4, -0.2) is 32.7 Å². The lowest BCUT2D eigenvalue weighted by molar-refractivity contribution is 0.135. The van der Waals surface area contributed by atoms with Gasteiger partial charge in [-0.05, 0) is 0 Å². The molecule has 0 saturated heterocycles. The molecule has 4 N–H and O–H groups in total. The molecule has 0 aromatic rings. The molecule has 1 fully saturated rings. The van der Waals surface area contributed by atoms with Crippen LogP contribution in [0.2, 0.25) is 0 Å². The molecule has 0 heterocycles. The summed E-state index contributed by atoms with van der Waals surface area (Å²) in [5.74, 6) is 0. The van der Waals surface area contributed by atoms with Gasteiger partial charge < -0.3 is 20.4 Å². The summed E-state index contributed by atoms with van der Waals surface area (Å²) in [4.78, 5) is 17.1. The minimum absolute atomic E-state index is 1.50. The molecule has 0 spiro atoms.